The summed E-state index contributed by atoms with van der Waals surface area (Å²) in [5, 5.41) is 0. The van der Waals surface area contributed by atoms with Crippen molar-refractivity contribution in [2.45, 2.75) is 26.2 Å². The monoisotopic (exact) mass is 282 g/mol. The number of hydrogen-bond acceptors (Lipinski definition) is 3. The topological polar surface area (TPSA) is 35.5 Å². The van der Waals surface area contributed by atoms with Crippen molar-refractivity contribution in [3.63, 3.8) is 0 Å². The van der Waals surface area contributed by atoms with Crippen LogP contribution in [0.4, 0.5) is 0 Å². The summed E-state index contributed by atoms with van der Waals surface area (Å²) < 4.78 is 11.5. The Hall–Kier alpha value is -2.29. The Labute approximate surface area is 124 Å². The molecule has 1 unspecified atom stereocenters. The van der Waals surface area contributed by atoms with E-state index in [0.29, 0.717) is 11.7 Å². The molecule has 0 aromatic heterocycles. The quantitative estimate of drug-likeness (QED) is 0.838. The molecule has 0 radical (unpaired) electrons. The van der Waals surface area contributed by atoms with Gasteiger partial charge in [-0.15, -0.1) is 0 Å². The summed E-state index contributed by atoms with van der Waals surface area (Å²) in [4.78, 5) is 11.0. The summed E-state index contributed by atoms with van der Waals surface area (Å²) in [6.07, 6.45) is 1.01. The van der Waals surface area contributed by atoms with Crippen molar-refractivity contribution in [1.29, 1.82) is 0 Å². The van der Waals surface area contributed by atoms with Crippen LogP contribution < -0.4 is 9.47 Å². The Morgan fingerprint density at radius 2 is 1.90 bits per heavy atom. The lowest BCUT2D eigenvalue weighted by Gasteiger charge is -2.27. The van der Waals surface area contributed by atoms with Crippen molar-refractivity contribution >= 4 is 5.78 Å². The number of ether oxygens (including phenoxy) is 2. The fraction of sp³-hybridized carbons (Fsp3) is 0.278. The van der Waals surface area contributed by atoms with E-state index in [9.17, 15) is 4.79 Å². The van der Waals surface area contributed by atoms with Crippen LogP contribution in [0.1, 0.15) is 37.3 Å². The molecule has 1 aliphatic heterocycles. The normalized spacial score (nSPS) is 15.6. The third-order valence-corrected chi connectivity index (χ3v) is 3.73. The van der Waals surface area contributed by atoms with Crippen LogP contribution in [-0.4, -0.2) is 12.4 Å². The summed E-state index contributed by atoms with van der Waals surface area (Å²) in [5.41, 5.74) is 2.40. The average molecular weight is 282 g/mol. The van der Waals surface area contributed by atoms with Crippen molar-refractivity contribution in [2.24, 2.45) is 0 Å². The molecule has 2 aromatic rings. The van der Waals surface area contributed by atoms with Crippen molar-refractivity contribution < 1.29 is 14.3 Å². The van der Waals surface area contributed by atoms with E-state index >= 15 is 0 Å². The highest BCUT2D eigenvalue weighted by Gasteiger charge is 2.25. The van der Waals surface area contributed by atoms with Crippen LogP contribution in [0.3, 0.4) is 0 Å². The first-order valence-electron chi connectivity index (χ1n) is 7.22. The standard InChI is InChI=1S/C18H18O3/c1-3-14-15-6-4-5-7-17(15)21-18-10-13(8-9-16(14)18)20-11-12(2)19/h4-10,14H,3,11H2,1-2H3. The van der Waals surface area contributed by atoms with Gasteiger partial charge in [0.25, 0.3) is 0 Å². The van der Waals surface area contributed by atoms with Gasteiger partial charge < -0.3 is 9.47 Å². The third kappa shape index (κ3) is 2.64. The minimum Gasteiger partial charge on any atom is -0.486 e. The predicted octanol–water partition coefficient (Wildman–Crippen LogP) is 4.30. The molecule has 21 heavy (non-hydrogen) atoms. The SMILES string of the molecule is CCC1c2ccccc2Oc2cc(OCC(C)=O)ccc21. The van der Waals surface area contributed by atoms with Crippen molar-refractivity contribution in [3.05, 3.63) is 53.6 Å². The summed E-state index contributed by atoms with van der Waals surface area (Å²) in [6, 6.07) is 13.9. The molecule has 1 aliphatic rings. The number of hydrogen-bond donors (Lipinski definition) is 0. The van der Waals surface area contributed by atoms with Gasteiger partial charge in [-0.2, -0.15) is 0 Å². The van der Waals surface area contributed by atoms with Crippen LogP contribution in [0, 0.1) is 0 Å². The molecule has 0 fully saturated rings. The maximum atomic E-state index is 11.0. The van der Waals surface area contributed by atoms with Gasteiger partial charge in [0.2, 0.25) is 0 Å². The molecule has 0 saturated heterocycles. The summed E-state index contributed by atoms with van der Waals surface area (Å²) in [7, 11) is 0. The number of carbonyl (C=O) groups excluding carboxylic acids is 1. The average Bonchev–Trinajstić information content (AvgIpc) is 2.50. The van der Waals surface area contributed by atoms with Gasteiger partial charge in [-0.1, -0.05) is 31.2 Å². The second kappa shape index (κ2) is 5.60. The van der Waals surface area contributed by atoms with Crippen molar-refractivity contribution in [3.8, 4) is 17.2 Å². The number of carbonyl (C=O) groups is 1. The van der Waals surface area contributed by atoms with Gasteiger partial charge in [-0.25, -0.2) is 0 Å². The number of para-hydroxylation sites is 1. The minimum atomic E-state index is 0.00502. The van der Waals surface area contributed by atoms with E-state index in [1.54, 1.807) is 0 Å². The molecule has 2 aromatic carbocycles. The molecular weight excluding hydrogens is 264 g/mol. The highest BCUT2D eigenvalue weighted by molar-refractivity contribution is 5.77. The van der Waals surface area contributed by atoms with Crippen LogP contribution in [-0.2, 0) is 4.79 Å². The first-order valence-corrected chi connectivity index (χ1v) is 7.22. The first kappa shape index (κ1) is 13.7. The molecule has 0 N–H and O–H groups in total. The lowest BCUT2D eigenvalue weighted by atomic mass is 9.86. The van der Waals surface area contributed by atoms with Gasteiger partial charge in [-0.3, -0.25) is 4.79 Å². The number of fused-ring (bicyclic) bond motifs is 2. The smallest absolute Gasteiger partial charge is 0.167 e. The van der Waals surface area contributed by atoms with Gasteiger partial charge in [0.1, 0.15) is 23.9 Å². The molecule has 3 nitrogen and oxygen atoms in total. The Morgan fingerprint density at radius 3 is 2.67 bits per heavy atom. The largest absolute Gasteiger partial charge is 0.486 e. The van der Waals surface area contributed by atoms with E-state index < -0.39 is 0 Å². The molecule has 108 valence electrons. The van der Waals surface area contributed by atoms with Gasteiger partial charge in [0.05, 0.1) is 0 Å². The minimum absolute atomic E-state index is 0.00502. The van der Waals surface area contributed by atoms with E-state index in [-0.39, 0.29) is 12.4 Å². The van der Waals surface area contributed by atoms with Gasteiger partial charge in [0.15, 0.2) is 5.78 Å². The van der Waals surface area contributed by atoms with Crippen molar-refractivity contribution in [2.75, 3.05) is 6.61 Å². The van der Waals surface area contributed by atoms with Crippen LogP contribution in [0.5, 0.6) is 17.2 Å². The molecule has 0 aliphatic carbocycles. The molecule has 3 heteroatoms. The van der Waals surface area contributed by atoms with Crippen LogP contribution in [0.25, 0.3) is 0 Å². The maximum Gasteiger partial charge on any atom is 0.167 e. The van der Waals surface area contributed by atoms with Gasteiger partial charge >= 0.3 is 0 Å². The Morgan fingerprint density at radius 1 is 1.14 bits per heavy atom. The Kier molecular flexibility index (Phi) is 3.65. The van der Waals surface area contributed by atoms with Crippen LogP contribution >= 0.6 is 0 Å². The van der Waals surface area contributed by atoms with Gasteiger partial charge in [0, 0.05) is 23.1 Å². The number of benzene rings is 2. The van der Waals surface area contributed by atoms with E-state index in [1.165, 1.54) is 18.1 Å². The zero-order chi connectivity index (χ0) is 14.8. The highest BCUT2D eigenvalue weighted by Crippen LogP contribution is 2.46. The maximum absolute atomic E-state index is 11.0. The molecule has 0 saturated carbocycles. The fourth-order valence-electron chi connectivity index (χ4n) is 2.75. The number of ketones is 1. The van der Waals surface area contributed by atoms with E-state index in [2.05, 4.69) is 13.0 Å². The zero-order valence-corrected chi connectivity index (χ0v) is 12.3. The van der Waals surface area contributed by atoms with Gasteiger partial charge in [-0.05, 0) is 25.5 Å². The van der Waals surface area contributed by atoms with E-state index in [0.717, 1.165) is 17.9 Å². The predicted molar refractivity (Wildman–Crippen MR) is 81.3 cm³/mol. The molecule has 3 rings (SSSR count). The molecule has 0 bridgehead atoms. The summed E-state index contributed by atoms with van der Waals surface area (Å²) in [6.45, 7) is 3.78. The summed E-state index contributed by atoms with van der Waals surface area (Å²) in [5.74, 6) is 2.73. The molecule has 0 amide bonds. The van der Waals surface area contributed by atoms with Crippen LogP contribution in [0.2, 0.25) is 0 Å². The van der Waals surface area contributed by atoms with E-state index in [1.807, 2.05) is 36.4 Å². The second-order valence-corrected chi connectivity index (χ2v) is 5.29. The second-order valence-electron chi connectivity index (χ2n) is 5.29. The Balaban J connectivity index is 1.95. The molecule has 1 heterocycles. The number of Topliss-reactive ketones (excluding diaryl/α,β-unsaturated/α-hetero) is 1. The lowest BCUT2D eigenvalue weighted by Crippen LogP contribution is -2.10. The molecular formula is C18H18O3. The van der Waals surface area contributed by atoms with E-state index in [4.69, 9.17) is 9.47 Å². The molecule has 0 spiro atoms. The fourth-order valence-corrected chi connectivity index (χ4v) is 2.75. The first-order chi connectivity index (χ1) is 10.2. The zero-order valence-electron chi connectivity index (χ0n) is 12.3. The van der Waals surface area contributed by atoms with Crippen molar-refractivity contribution in [1.82, 2.24) is 0 Å². The Bertz CT molecular complexity index is 676. The molecule has 1 atom stereocenters. The highest BCUT2D eigenvalue weighted by atomic mass is 16.5. The third-order valence-electron chi connectivity index (χ3n) is 3.73. The lowest BCUT2D eigenvalue weighted by molar-refractivity contribution is -0.118. The number of rotatable bonds is 4. The summed E-state index contributed by atoms with van der Waals surface area (Å²) >= 11 is 0. The van der Waals surface area contributed by atoms with Crippen LogP contribution in [0.15, 0.2) is 42.5 Å².